The van der Waals surface area contributed by atoms with Gasteiger partial charge in [-0.1, -0.05) is 0 Å². The highest BCUT2D eigenvalue weighted by molar-refractivity contribution is 5.90. The summed E-state index contributed by atoms with van der Waals surface area (Å²) in [4.78, 5) is 13.6. The van der Waals surface area contributed by atoms with Gasteiger partial charge < -0.3 is 15.0 Å². The molecule has 0 aromatic heterocycles. The second-order valence-electron chi connectivity index (χ2n) is 4.91. The molecule has 4 nitrogen and oxygen atoms in total. The van der Waals surface area contributed by atoms with Crippen molar-refractivity contribution in [2.75, 3.05) is 32.6 Å². The molecule has 1 aliphatic rings. The highest BCUT2D eigenvalue weighted by Gasteiger charge is 2.17. The van der Waals surface area contributed by atoms with Crippen LogP contribution in [-0.4, -0.2) is 44.2 Å². The Labute approximate surface area is 112 Å². The summed E-state index contributed by atoms with van der Waals surface area (Å²) in [6, 6.07) is 4.89. The number of anilines is 1. The van der Waals surface area contributed by atoms with Crippen LogP contribution in [0.3, 0.4) is 0 Å². The maximum Gasteiger partial charge on any atom is 0.340 e. The number of hydrogen-bond donors (Lipinski definition) is 1. The average Bonchev–Trinajstić information content (AvgIpc) is 2.41. The maximum absolute atomic E-state index is 13.8. The molecular formula is C14H19FN2O2. The maximum atomic E-state index is 13.8. The van der Waals surface area contributed by atoms with Crippen molar-refractivity contribution in [3.63, 3.8) is 0 Å². The highest BCUT2D eigenvalue weighted by atomic mass is 19.1. The summed E-state index contributed by atoms with van der Waals surface area (Å²) < 4.78 is 18.3. The molecule has 0 saturated carbocycles. The van der Waals surface area contributed by atoms with Crippen molar-refractivity contribution >= 4 is 11.7 Å². The Morgan fingerprint density at radius 1 is 1.42 bits per heavy atom. The molecule has 0 radical (unpaired) electrons. The van der Waals surface area contributed by atoms with Crippen molar-refractivity contribution in [3.05, 3.63) is 29.6 Å². The van der Waals surface area contributed by atoms with Crippen LogP contribution in [0, 0.1) is 5.82 Å². The summed E-state index contributed by atoms with van der Waals surface area (Å²) in [6.07, 6.45) is 2.08. The molecule has 5 heteroatoms. The number of benzene rings is 1. The number of carbonyl (C=O) groups excluding carboxylic acids is 1. The third-order valence-corrected chi connectivity index (χ3v) is 3.46. The number of likely N-dealkylation sites (tertiary alicyclic amines) is 1. The van der Waals surface area contributed by atoms with Crippen molar-refractivity contribution in [1.82, 2.24) is 4.90 Å². The molecule has 1 heterocycles. The third kappa shape index (κ3) is 3.44. The Morgan fingerprint density at radius 3 is 2.68 bits per heavy atom. The summed E-state index contributed by atoms with van der Waals surface area (Å²) in [5.74, 6) is -1.20. The fourth-order valence-electron chi connectivity index (χ4n) is 2.27. The zero-order valence-corrected chi connectivity index (χ0v) is 11.3. The molecule has 1 aromatic carbocycles. The molecule has 1 aliphatic heterocycles. The standard InChI is InChI=1S/C14H19FN2O2/c1-17-7-5-10(6-8-17)16-11-3-4-12(13(15)9-11)14(18)19-2/h3-4,9-10,16H,5-8H2,1-2H3. The second kappa shape index (κ2) is 6.02. The van der Waals surface area contributed by atoms with E-state index in [4.69, 9.17) is 0 Å². The summed E-state index contributed by atoms with van der Waals surface area (Å²) >= 11 is 0. The van der Waals surface area contributed by atoms with Crippen molar-refractivity contribution in [1.29, 1.82) is 0 Å². The van der Waals surface area contributed by atoms with Gasteiger partial charge in [-0.3, -0.25) is 0 Å². The zero-order valence-electron chi connectivity index (χ0n) is 11.3. The average molecular weight is 266 g/mol. The van der Waals surface area contributed by atoms with Gasteiger partial charge in [-0.25, -0.2) is 9.18 Å². The van der Waals surface area contributed by atoms with Crippen molar-refractivity contribution in [3.8, 4) is 0 Å². The topological polar surface area (TPSA) is 41.6 Å². The van der Waals surface area contributed by atoms with Gasteiger partial charge in [-0.2, -0.15) is 0 Å². The monoisotopic (exact) mass is 266 g/mol. The molecule has 0 bridgehead atoms. The number of rotatable bonds is 3. The largest absolute Gasteiger partial charge is 0.465 e. The zero-order chi connectivity index (χ0) is 13.8. The van der Waals surface area contributed by atoms with Crippen LogP contribution < -0.4 is 5.32 Å². The molecule has 0 amide bonds. The number of nitrogens with zero attached hydrogens (tertiary/aromatic N) is 1. The van der Waals surface area contributed by atoms with Crippen LogP contribution in [0.15, 0.2) is 18.2 Å². The number of esters is 1. The first-order valence-electron chi connectivity index (χ1n) is 6.43. The van der Waals surface area contributed by atoms with Crippen LogP contribution in [0.4, 0.5) is 10.1 Å². The van der Waals surface area contributed by atoms with Crippen LogP contribution in [-0.2, 0) is 4.74 Å². The number of halogens is 1. The Hall–Kier alpha value is -1.62. The van der Waals surface area contributed by atoms with Crippen molar-refractivity contribution in [2.24, 2.45) is 0 Å². The molecule has 1 N–H and O–H groups in total. The number of nitrogens with one attached hydrogen (secondary N) is 1. The lowest BCUT2D eigenvalue weighted by Gasteiger charge is -2.30. The van der Waals surface area contributed by atoms with Crippen LogP contribution >= 0.6 is 0 Å². The van der Waals surface area contributed by atoms with E-state index in [1.165, 1.54) is 19.2 Å². The Balaban J connectivity index is 2.02. The minimum Gasteiger partial charge on any atom is -0.465 e. The smallest absolute Gasteiger partial charge is 0.340 e. The Morgan fingerprint density at radius 2 is 2.11 bits per heavy atom. The lowest BCUT2D eigenvalue weighted by molar-refractivity contribution is 0.0595. The van der Waals surface area contributed by atoms with Crippen LogP contribution in [0.1, 0.15) is 23.2 Å². The van der Waals surface area contributed by atoms with E-state index in [9.17, 15) is 9.18 Å². The first kappa shape index (κ1) is 13.8. The summed E-state index contributed by atoms with van der Waals surface area (Å²) in [5.41, 5.74) is 0.677. The SMILES string of the molecule is COC(=O)c1ccc(NC2CCN(C)CC2)cc1F. The molecule has 1 aromatic rings. The van der Waals surface area contributed by atoms with Gasteiger partial charge in [-0.05, 0) is 51.2 Å². The molecular weight excluding hydrogens is 247 g/mol. The summed E-state index contributed by atoms with van der Waals surface area (Å²) in [6.45, 7) is 2.08. The van der Waals surface area contributed by atoms with E-state index in [1.54, 1.807) is 6.07 Å². The molecule has 0 atom stereocenters. The first-order valence-corrected chi connectivity index (χ1v) is 6.43. The predicted octanol–water partition coefficient (Wildman–Crippen LogP) is 2.12. The van der Waals surface area contributed by atoms with Crippen molar-refractivity contribution in [2.45, 2.75) is 18.9 Å². The molecule has 1 fully saturated rings. The van der Waals surface area contributed by atoms with Crippen LogP contribution in [0.5, 0.6) is 0 Å². The fourth-order valence-corrected chi connectivity index (χ4v) is 2.27. The lowest BCUT2D eigenvalue weighted by atomic mass is 10.0. The minimum absolute atomic E-state index is 0.0311. The number of methoxy groups -OCH3 is 1. The lowest BCUT2D eigenvalue weighted by Crippen LogP contribution is -2.36. The van der Waals surface area contributed by atoms with E-state index >= 15 is 0 Å². The van der Waals surface area contributed by atoms with E-state index < -0.39 is 11.8 Å². The molecule has 0 aliphatic carbocycles. The van der Waals surface area contributed by atoms with Crippen molar-refractivity contribution < 1.29 is 13.9 Å². The van der Waals surface area contributed by atoms with Crippen LogP contribution in [0.25, 0.3) is 0 Å². The first-order chi connectivity index (χ1) is 9.10. The second-order valence-corrected chi connectivity index (χ2v) is 4.91. The molecule has 0 spiro atoms. The predicted molar refractivity (Wildman–Crippen MR) is 71.9 cm³/mol. The van der Waals surface area contributed by atoms with E-state index in [1.807, 2.05) is 0 Å². The molecule has 0 unspecified atom stereocenters. The van der Waals surface area contributed by atoms with Gasteiger partial charge in [0.05, 0.1) is 12.7 Å². The quantitative estimate of drug-likeness (QED) is 0.851. The summed E-state index contributed by atoms with van der Waals surface area (Å²) in [7, 11) is 3.34. The molecule has 1 saturated heterocycles. The van der Waals surface area contributed by atoms with Gasteiger partial charge in [0, 0.05) is 11.7 Å². The number of carbonyl (C=O) groups is 1. The van der Waals surface area contributed by atoms with Gasteiger partial charge >= 0.3 is 5.97 Å². The molecule has 2 rings (SSSR count). The van der Waals surface area contributed by atoms with Gasteiger partial charge in [0.1, 0.15) is 5.82 Å². The normalized spacial score (nSPS) is 17.2. The molecule has 104 valence electrons. The third-order valence-electron chi connectivity index (χ3n) is 3.46. The van der Waals surface area contributed by atoms with Crippen LogP contribution in [0.2, 0.25) is 0 Å². The number of piperidine rings is 1. The summed E-state index contributed by atoms with van der Waals surface area (Å²) in [5, 5.41) is 3.31. The highest BCUT2D eigenvalue weighted by Crippen LogP contribution is 2.19. The van der Waals surface area contributed by atoms with E-state index in [2.05, 4.69) is 22.0 Å². The van der Waals surface area contributed by atoms with Gasteiger partial charge in [-0.15, -0.1) is 0 Å². The van der Waals surface area contributed by atoms with E-state index in [0.29, 0.717) is 11.7 Å². The fraction of sp³-hybridized carbons (Fsp3) is 0.500. The molecule has 19 heavy (non-hydrogen) atoms. The number of hydrogen-bond acceptors (Lipinski definition) is 4. The van der Waals surface area contributed by atoms with Gasteiger partial charge in [0.15, 0.2) is 0 Å². The van der Waals surface area contributed by atoms with Gasteiger partial charge in [0.25, 0.3) is 0 Å². The van der Waals surface area contributed by atoms with Gasteiger partial charge in [0.2, 0.25) is 0 Å². The minimum atomic E-state index is -0.650. The Kier molecular flexibility index (Phi) is 4.37. The number of ether oxygens (including phenoxy) is 1. The van der Waals surface area contributed by atoms with E-state index in [0.717, 1.165) is 25.9 Å². The van der Waals surface area contributed by atoms with E-state index in [-0.39, 0.29) is 5.56 Å². The Bertz CT molecular complexity index is 457.